The second-order valence-corrected chi connectivity index (χ2v) is 7.12. The molecule has 24 heavy (non-hydrogen) atoms. The van der Waals surface area contributed by atoms with Gasteiger partial charge in [0.25, 0.3) is 0 Å². The Morgan fingerprint density at radius 1 is 1.08 bits per heavy atom. The van der Waals surface area contributed by atoms with Gasteiger partial charge >= 0.3 is 0 Å². The highest BCUT2D eigenvalue weighted by Crippen LogP contribution is 2.25. The normalized spacial score (nSPS) is 15.8. The van der Waals surface area contributed by atoms with Crippen LogP contribution in [0.3, 0.4) is 0 Å². The molecule has 0 N–H and O–H groups in total. The fourth-order valence-corrected chi connectivity index (χ4v) is 3.84. The fourth-order valence-electron chi connectivity index (χ4n) is 3.19. The predicted octanol–water partition coefficient (Wildman–Crippen LogP) is 4.03. The molecule has 124 valence electrons. The third-order valence-electron chi connectivity index (χ3n) is 4.50. The van der Waals surface area contributed by atoms with Crippen LogP contribution in [0.5, 0.6) is 0 Å². The molecule has 0 atom stereocenters. The van der Waals surface area contributed by atoms with E-state index in [1.165, 1.54) is 11.3 Å². The van der Waals surface area contributed by atoms with Crippen molar-refractivity contribution in [2.45, 2.75) is 13.5 Å². The number of hydrogen-bond donors (Lipinski definition) is 0. The summed E-state index contributed by atoms with van der Waals surface area (Å²) in [6.07, 6.45) is 1.79. The average Bonchev–Trinajstić information content (AvgIpc) is 3.27. The van der Waals surface area contributed by atoms with Crippen molar-refractivity contribution < 1.29 is 4.42 Å². The van der Waals surface area contributed by atoms with Gasteiger partial charge in [-0.2, -0.15) is 0 Å². The molecule has 0 unspecified atom stereocenters. The van der Waals surface area contributed by atoms with E-state index < -0.39 is 0 Å². The molecule has 1 aromatic carbocycles. The van der Waals surface area contributed by atoms with Crippen LogP contribution in [0.25, 0.3) is 10.8 Å². The van der Waals surface area contributed by atoms with Crippen molar-refractivity contribution in [3.8, 4) is 10.8 Å². The van der Waals surface area contributed by atoms with Crippen LogP contribution < -0.4 is 4.90 Å². The topological polar surface area (TPSA) is 32.5 Å². The molecule has 1 fully saturated rings. The van der Waals surface area contributed by atoms with Crippen LogP contribution in [0.1, 0.15) is 11.3 Å². The molecule has 1 aliphatic rings. The van der Waals surface area contributed by atoms with E-state index in [9.17, 15) is 0 Å². The number of rotatable bonds is 4. The van der Waals surface area contributed by atoms with E-state index in [-0.39, 0.29) is 0 Å². The van der Waals surface area contributed by atoms with Crippen LogP contribution >= 0.6 is 11.3 Å². The van der Waals surface area contributed by atoms with Crippen LogP contribution in [0.15, 0.2) is 52.5 Å². The molecular weight excluding hydrogens is 318 g/mol. The van der Waals surface area contributed by atoms with E-state index in [0.29, 0.717) is 0 Å². The van der Waals surface area contributed by atoms with Crippen molar-refractivity contribution >= 4 is 17.0 Å². The molecular formula is C19H21N3OS. The van der Waals surface area contributed by atoms with Crippen molar-refractivity contribution in [1.29, 1.82) is 0 Å². The van der Waals surface area contributed by atoms with Gasteiger partial charge in [-0.05, 0) is 30.0 Å². The van der Waals surface area contributed by atoms with E-state index in [0.717, 1.165) is 49.2 Å². The Hall–Kier alpha value is -2.11. The number of hydrogen-bond acceptors (Lipinski definition) is 5. The lowest BCUT2D eigenvalue weighted by Gasteiger charge is -2.36. The molecule has 0 saturated carbocycles. The van der Waals surface area contributed by atoms with Gasteiger partial charge in [-0.15, -0.1) is 11.3 Å². The zero-order valence-electron chi connectivity index (χ0n) is 13.8. The van der Waals surface area contributed by atoms with Crippen LogP contribution in [0.4, 0.5) is 5.69 Å². The molecule has 3 aromatic rings. The first-order valence-corrected chi connectivity index (χ1v) is 9.19. The number of aryl methyl sites for hydroxylation is 1. The van der Waals surface area contributed by atoms with E-state index in [1.807, 2.05) is 17.5 Å². The standard InChI is InChI=1S/C19H21N3OS/c1-15-5-2-3-6-17(15)22-10-8-21(9-11-22)13-16-14-23-19(20-16)18-7-4-12-24-18/h2-7,12,14H,8-11,13H2,1H3. The summed E-state index contributed by atoms with van der Waals surface area (Å²) in [6.45, 7) is 7.26. The number of benzene rings is 1. The number of piperazine rings is 1. The van der Waals surface area contributed by atoms with E-state index >= 15 is 0 Å². The van der Waals surface area contributed by atoms with Gasteiger partial charge in [0.15, 0.2) is 0 Å². The number of oxazole rings is 1. The van der Waals surface area contributed by atoms with Crippen molar-refractivity contribution in [3.63, 3.8) is 0 Å². The van der Waals surface area contributed by atoms with Crippen LogP contribution in [-0.2, 0) is 6.54 Å². The summed E-state index contributed by atoms with van der Waals surface area (Å²) >= 11 is 1.66. The van der Waals surface area contributed by atoms with Gasteiger partial charge in [-0.25, -0.2) is 4.98 Å². The maximum Gasteiger partial charge on any atom is 0.236 e. The van der Waals surface area contributed by atoms with Gasteiger partial charge in [-0.3, -0.25) is 4.90 Å². The van der Waals surface area contributed by atoms with E-state index in [4.69, 9.17) is 4.42 Å². The van der Waals surface area contributed by atoms with Gasteiger partial charge in [0, 0.05) is 38.4 Å². The summed E-state index contributed by atoms with van der Waals surface area (Å²) in [6, 6.07) is 12.7. The predicted molar refractivity (Wildman–Crippen MR) is 98.5 cm³/mol. The summed E-state index contributed by atoms with van der Waals surface area (Å²) in [7, 11) is 0. The van der Waals surface area contributed by atoms with Crippen molar-refractivity contribution in [3.05, 3.63) is 59.3 Å². The Kier molecular flexibility index (Phi) is 4.36. The third kappa shape index (κ3) is 3.23. The minimum Gasteiger partial charge on any atom is -0.444 e. The second-order valence-electron chi connectivity index (χ2n) is 6.17. The Bertz CT molecular complexity index is 789. The van der Waals surface area contributed by atoms with Gasteiger partial charge in [-0.1, -0.05) is 24.3 Å². The van der Waals surface area contributed by atoms with Crippen LogP contribution in [-0.4, -0.2) is 36.1 Å². The number of aromatic nitrogens is 1. The fraction of sp³-hybridized carbons (Fsp3) is 0.316. The maximum atomic E-state index is 5.62. The smallest absolute Gasteiger partial charge is 0.236 e. The van der Waals surface area contributed by atoms with Crippen LogP contribution in [0.2, 0.25) is 0 Å². The molecule has 0 radical (unpaired) electrons. The lowest BCUT2D eigenvalue weighted by atomic mass is 10.1. The maximum absolute atomic E-state index is 5.62. The molecule has 4 nitrogen and oxygen atoms in total. The average molecular weight is 339 g/mol. The largest absolute Gasteiger partial charge is 0.444 e. The molecule has 5 heteroatoms. The van der Waals surface area contributed by atoms with Gasteiger partial charge in [0.05, 0.1) is 10.6 Å². The molecule has 1 saturated heterocycles. The van der Waals surface area contributed by atoms with Gasteiger partial charge in [0.2, 0.25) is 5.89 Å². The lowest BCUT2D eigenvalue weighted by molar-refractivity contribution is 0.247. The summed E-state index contributed by atoms with van der Waals surface area (Å²) in [4.78, 5) is 10.6. The molecule has 3 heterocycles. The summed E-state index contributed by atoms with van der Waals surface area (Å²) in [5.41, 5.74) is 3.73. The highest BCUT2D eigenvalue weighted by Gasteiger charge is 2.19. The molecule has 0 bridgehead atoms. The molecule has 1 aliphatic heterocycles. The number of thiophene rings is 1. The Morgan fingerprint density at radius 3 is 2.67 bits per heavy atom. The summed E-state index contributed by atoms with van der Waals surface area (Å²) < 4.78 is 5.62. The molecule has 0 spiro atoms. The van der Waals surface area contributed by atoms with Crippen molar-refractivity contribution in [2.24, 2.45) is 0 Å². The van der Waals surface area contributed by atoms with Crippen LogP contribution in [0, 0.1) is 6.92 Å². The number of para-hydroxylation sites is 1. The van der Waals surface area contributed by atoms with E-state index in [1.54, 1.807) is 17.6 Å². The summed E-state index contributed by atoms with van der Waals surface area (Å²) in [5, 5.41) is 2.05. The highest BCUT2D eigenvalue weighted by atomic mass is 32.1. The first kappa shape index (κ1) is 15.4. The second kappa shape index (κ2) is 6.79. The molecule has 0 aliphatic carbocycles. The van der Waals surface area contributed by atoms with Crippen molar-refractivity contribution in [1.82, 2.24) is 9.88 Å². The van der Waals surface area contributed by atoms with Gasteiger partial charge < -0.3 is 9.32 Å². The summed E-state index contributed by atoms with van der Waals surface area (Å²) in [5.74, 6) is 0.735. The first-order valence-electron chi connectivity index (χ1n) is 8.31. The number of nitrogens with zero attached hydrogens (tertiary/aromatic N) is 3. The molecule has 0 amide bonds. The SMILES string of the molecule is Cc1ccccc1N1CCN(Cc2coc(-c3cccs3)n2)CC1. The molecule has 2 aromatic heterocycles. The van der Waals surface area contributed by atoms with Gasteiger partial charge in [0.1, 0.15) is 6.26 Å². The first-order chi connectivity index (χ1) is 11.8. The lowest BCUT2D eigenvalue weighted by Crippen LogP contribution is -2.46. The monoisotopic (exact) mass is 339 g/mol. The Balaban J connectivity index is 1.36. The number of anilines is 1. The quantitative estimate of drug-likeness (QED) is 0.718. The minimum absolute atomic E-state index is 0.735. The third-order valence-corrected chi connectivity index (χ3v) is 5.36. The van der Waals surface area contributed by atoms with E-state index in [2.05, 4.69) is 46.0 Å². The zero-order chi connectivity index (χ0) is 16.4. The highest BCUT2D eigenvalue weighted by molar-refractivity contribution is 7.13. The zero-order valence-corrected chi connectivity index (χ0v) is 14.6. The molecule has 4 rings (SSSR count). The minimum atomic E-state index is 0.735. The Labute approximate surface area is 146 Å². The van der Waals surface area contributed by atoms with Crippen molar-refractivity contribution in [2.75, 3.05) is 31.1 Å². The Morgan fingerprint density at radius 2 is 1.92 bits per heavy atom.